The fourth-order valence-electron chi connectivity index (χ4n) is 3.03. The average Bonchev–Trinajstić information content (AvgIpc) is 3.00. The van der Waals surface area contributed by atoms with Crippen molar-refractivity contribution in [3.05, 3.63) is 46.3 Å². The van der Waals surface area contributed by atoms with E-state index in [9.17, 15) is 9.59 Å². The molecule has 0 atom stereocenters. The number of rotatable bonds is 2. The molecule has 2 aromatic rings. The Bertz CT molecular complexity index is 880. The molecule has 2 N–H and O–H groups in total. The Balaban J connectivity index is 1.78. The summed E-state index contributed by atoms with van der Waals surface area (Å²) in [5.41, 5.74) is 4.28. The first-order valence-corrected chi connectivity index (χ1v) is 9.07. The van der Waals surface area contributed by atoms with E-state index in [-0.39, 0.29) is 12.0 Å². The number of anilines is 1. The third-order valence-corrected chi connectivity index (χ3v) is 4.65. The first kappa shape index (κ1) is 18.9. The van der Waals surface area contributed by atoms with Crippen LogP contribution in [0.15, 0.2) is 18.2 Å². The highest BCUT2D eigenvalue weighted by molar-refractivity contribution is 6.04. The zero-order valence-electron chi connectivity index (χ0n) is 16.5. The van der Waals surface area contributed by atoms with Gasteiger partial charge in [0.2, 0.25) is 0 Å². The van der Waals surface area contributed by atoms with Crippen molar-refractivity contribution in [3.63, 3.8) is 0 Å². The predicted molar refractivity (Wildman–Crippen MR) is 103 cm³/mol. The third-order valence-electron chi connectivity index (χ3n) is 4.65. The zero-order chi connectivity index (χ0) is 19.8. The van der Waals surface area contributed by atoms with E-state index in [4.69, 9.17) is 4.74 Å². The maximum Gasteiger partial charge on any atom is 0.410 e. The predicted octanol–water partition coefficient (Wildman–Crippen LogP) is 3.57. The topological polar surface area (TPSA) is 87.3 Å². The normalized spacial score (nSPS) is 13.9. The van der Waals surface area contributed by atoms with Crippen LogP contribution in [0.2, 0.25) is 0 Å². The van der Waals surface area contributed by atoms with Crippen molar-refractivity contribution in [1.29, 1.82) is 0 Å². The van der Waals surface area contributed by atoms with Gasteiger partial charge in [-0.15, -0.1) is 0 Å². The quantitative estimate of drug-likeness (QED) is 0.846. The van der Waals surface area contributed by atoms with E-state index in [2.05, 4.69) is 15.5 Å². The molecule has 7 nitrogen and oxygen atoms in total. The van der Waals surface area contributed by atoms with Crippen LogP contribution in [0.25, 0.3) is 0 Å². The van der Waals surface area contributed by atoms with Gasteiger partial charge in [0.05, 0.1) is 6.54 Å². The molecule has 27 heavy (non-hydrogen) atoms. The van der Waals surface area contributed by atoms with Gasteiger partial charge in [0.1, 0.15) is 5.60 Å². The maximum atomic E-state index is 12.8. The van der Waals surface area contributed by atoms with Crippen LogP contribution < -0.4 is 5.32 Å². The summed E-state index contributed by atoms with van der Waals surface area (Å²) in [7, 11) is 0. The molecule has 0 bridgehead atoms. The van der Waals surface area contributed by atoms with Crippen molar-refractivity contribution in [3.8, 4) is 0 Å². The number of hydrogen-bond acceptors (Lipinski definition) is 4. The van der Waals surface area contributed by atoms with Gasteiger partial charge < -0.3 is 15.0 Å². The summed E-state index contributed by atoms with van der Waals surface area (Å²) in [6.07, 6.45) is 0.230. The summed E-state index contributed by atoms with van der Waals surface area (Å²) in [5, 5.41) is 10.1. The minimum atomic E-state index is -0.559. The van der Waals surface area contributed by atoms with Crippen LogP contribution in [-0.4, -0.2) is 39.2 Å². The molecule has 0 unspecified atom stereocenters. The second-order valence-electron chi connectivity index (χ2n) is 7.88. The molecule has 0 saturated heterocycles. The lowest BCUT2D eigenvalue weighted by molar-refractivity contribution is 0.0222. The number of H-pyrrole nitrogens is 1. The molecule has 0 aliphatic carbocycles. The number of aromatic nitrogens is 2. The number of aromatic amines is 1. The molecule has 1 aromatic carbocycles. The van der Waals surface area contributed by atoms with E-state index in [1.807, 2.05) is 52.8 Å². The lowest BCUT2D eigenvalue weighted by Gasteiger charge is -2.30. The van der Waals surface area contributed by atoms with Gasteiger partial charge in [0.15, 0.2) is 5.69 Å². The molecule has 3 rings (SSSR count). The summed E-state index contributed by atoms with van der Waals surface area (Å²) < 4.78 is 5.45. The number of ether oxygens (including phenoxy) is 1. The smallest absolute Gasteiger partial charge is 0.410 e. The number of benzene rings is 1. The van der Waals surface area contributed by atoms with Crippen molar-refractivity contribution in [1.82, 2.24) is 15.1 Å². The first-order valence-electron chi connectivity index (χ1n) is 9.07. The second-order valence-corrected chi connectivity index (χ2v) is 7.88. The van der Waals surface area contributed by atoms with Crippen LogP contribution in [-0.2, 0) is 17.7 Å². The SMILES string of the molecule is Cc1cccc(NC(=O)c2n[nH]c3c2CN(C(=O)OC(C)(C)C)CC3)c1C. The minimum absolute atomic E-state index is 0.285. The molecular weight excluding hydrogens is 344 g/mol. The number of nitrogens with zero attached hydrogens (tertiary/aromatic N) is 2. The molecule has 144 valence electrons. The molecule has 0 spiro atoms. The van der Waals surface area contributed by atoms with Crippen LogP contribution in [0.1, 0.15) is 53.6 Å². The van der Waals surface area contributed by atoms with E-state index in [0.29, 0.717) is 25.2 Å². The highest BCUT2D eigenvalue weighted by Gasteiger charge is 2.30. The van der Waals surface area contributed by atoms with Crippen LogP contribution in [0.4, 0.5) is 10.5 Å². The highest BCUT2D eigenvalue weighted by Crippen LogP contribution is 2.24. The lowest BCUT2D eigenvalue weighted by atomic mass is 10.0. The summed E-state index contributed by atoms with van der Waals surface area (Å²) in [4.78, 5) is 26.8. The minimum Gasteiger partial charge on any atom is -0.444 e. The fourth-order valence-corrected chi connectivity index (χ4v) is 3.03. The summed E-state index contributed by atoms with van der Waals surface area (Å²) in [5.74, 6) is -0.285. The van der Waals surface area contributed by atoms with Gasteiger partial charge in [-0.3, -0.25) is 9.89 Å². The molecule has 1 aliphatic rings. The second kappa shape index (κ2) is 7.06. The standard InChI is InChI=1S/C20H26N4O3/c1-12-7-6-8-15(13(12)2)21-18(25)17-14-11-24(10-9-16(14)22-23-17)19(26)27-20(3,4)5/h6-8H,9-11H2,1-5H3,(H,21,25)(H,22,23). The van der Waals surface area contributed by atoms with Crippen LogP contribution in [0, 0.1) is 13.8 Å². The highest BCUT2D eigenvalue weighted by atomic mass is 16.6. The van der Waals surface area contributed by atoms with Crippen molar-refractivity contribution < 1.29 is 14.3 Å². The number of fused-ring (bicyclic) bond motifs is 1. The van der Waals surface area contributed by atoms with Gasteiger partial charge in [-0.2, -0.15) is 5.10 Å². The van der Waals surface area contributed by atoms with E-state index >= 15 is 0 Å². The molecule has 2 amide bonds. The lowest BCUT2D eigenvalue weighted by Crippen LogP contribution is -2.40. The first-order chi connectivity index (χ1) is 12.7. The van der Waals surface area contributed by atoms with Gasteiger partial charge >= 0.3 is 6.09 Å². The Morgan fingerprint density at radius 2 is 2.00 bits per heavy atom. The van der Waals surface area contributed by atoms with E-state index < -0.39 is 5.60 Å². The molecule has 1 aliphatic heterocycles. The van der Waals surface area contributed by atoms with Crippen molar-refractivity contribution >= 4 is 17.7 Å². The van der Waals surface area contributed by atoms with Crippen molar-refractivity contribution in [2.75, 3.05) is 11.9 Å². The zero-order valence-corrected chi connectivity index (χ0v) is 16.5. The van der Waals surface area contributed by atoms with Crippen LogP contribution >= 0.6 is 0 Å². The summed E-state index contributed by atoms with van der Waals surface area (Å²) >= 11 is 0. The summed E-state index contributed by atoms with van der Waals surface area (Å²) in [6, 6.07) is 5.77. The molecule has 0 radical (unpaired) electrons. The maximum absolute atomic E-state index is 12.8. The number of amides is 2. The number of nitrogens with one attached hydrogen (secondary N) is 2. The van der Waals surface area contributed by atoms with E-state index in [0.717, 1.165) is 28.1 Å². The van der Waals surface area contributed by atoms with Gasteiger partial charge in [-0.05, 0) is 51.8 Å². The van der Waals surface area contributed by atoms with Gasteiger partial charge in [0, 0.05) is 29.9 Å². The average molecular weight is 370 g/mol. The Kier molecular flexibility index (Phi) is 4.95. The Labute approximate surface area is 159 Å². The number of aryl methyl sites for hydroxylation is 1. The molecule has 1 aromatic heterocycles. The van der Waals surface area contributed by atoms with Crippen LogP contribution in [0.5, 0.6) is 0 Å². The van der Waals surface area contributed by atoms with Gasteiger partial charge in [-0.25, -0.2) is 4.79 Å². The fraction of sp³-hybridized carbons (Fsp3) is 0.450. The van der Waals surface area contributed by atoms with Crippen LogP contribution in [0.3, 0.4) is 0 Å². The Morgan fingerprint density at radius 1 is 1.26 bits per heavy atom. The van der Waals surface area contributed by atoms with E-state index in [1.165, 1.54) is 0 Å². The van der Waals surface area contributed by atoms with Gasteiger partial charge in [0.25, 0.3) is 5.91 Å². The molecule has 0 saturated carbocycles. The van der Waals surface area contributed by atoms with Crippen molar-refractivity contribution in [2.45, 2.75) is 53.2 Å². The molecular formula is C20H26N4O3. The number of carbonyl (C=O) groups excluding carboxylic acids is 2. The number of carbonyl (C=O) groups is 2. The molecule has 7 heteroatoms. The summed E-state index contributed by atoms with van der Waals surface area (Å²) in [6.45, 7) is 10.3. The Morgan fingerprint density at radius 3 is 2.70 bits per heavy atom. The number of hydrogen-bond donors (Lipinski definition) is 2. The molecule has 2 heterocycles. The van der Waals surface area contributed by atoms with E-state index in [1.54, 1.807) is 4.90 Å². The third kappa shape index (κ3) is 4.13. The largest absolute Gasteiger partial charge is 0.444 e. The van der Waals surface area contributed by atoms with Crippen molar-refractivity contribution in [2.24, 2.45) is 0 Å². The van der Waals surface area contributed by atoms with Gasteiger partial charge in [-0.1, -0.05) is 12.1 Å². The Hall–Kier alpha value is -2.83. The monoisotopic (exact) mass is 370 g/mol. The molecule has 0 fully saturated rings.